The van der Waals surface area contributed by atoms with E-state index in [-0.39, 0.29) is 0 Å². The molecule has 1 aromatic rings. The first-order valence-corrected chi connectivity index (χ1v) is 6.90. The molecule has 1 fully saturated rings. The second-order valence-electron chi connectivity index (χ2n) is 4.78. The number of rotatable bonds is 3. The van der Waals surface area contributed by atoms with Crippen molar-refractivity contribution in [2.24, 2.45) is 11.7 Å². The fourth-order valence-electron chi connectivity index (χ4n) is 2.57. The lowest BCUT2D eigenvalue weighted by Crippen LogP contribution is -2.33. The molecule has 1 saturated carbocycles. The minimum atomic E-state index is 0.302. The van der Waals surface area contributed by atoms with Crippen molar-refractivity contribution in [1.82, 2.24) is 4.98 Å². The van der Waals surface area contributed by atoms with E-state index in [0.29, 0.717) is 12.0 Å². The predicted molar refractivity (Wildman–Crippen MR) is 70.2 cm³/mol. The Morgan fingerprint density at radius 1 is 1.31 bits per heavy atom. The second-order valence-corrected chi connectivity index (χ2v) is 5.69. The van der Waals surface area contributed by atoms with Crippen LogP contribution in [0.25, 0.3) is 0 Å². The number of hydrogen-bond acceptors (Lipinski definition) is 2. The van der Waals surface area contributed by atoms with Crippen LogP contribution in [0.4, 0.5) is 0 Å². The Bertz CT molecular complexity index is 334. The Labute approximate surface area is 106 Å². The predicted octanol–water partition coefficient (Wildman–Crippen LogP) is 3.29. The van der Waals surface area contributed by atoms with Crippen LogP contribution in [0.3, 0.4) is 0 Å². The highest BCUT2D eigenvalue weighted by Crippen LogP contribution is 2.27. The van der Waals surface area contributed by atoms with Gasteiger partial charge in [-0.15, -0.1) is 0 Å². The molecule has 0 amide bonds. The van der Waals surface area contributed by atoms with Crippen LogP contribution in [0.1, 0.15) is 37.7 Å². The van der Waals surface area contributed by atoms with Crippen LogP contribution in [-0.4, -0.2) is 11.0 Å². The highest BCUT2D eigenvalue weighted by Gasteiger charge is 2.20. The fourth-order valence-corrected chi connectivity index (χ4v) is 2.98. The molecular formula is C13H19BrN2. The van der Waals surface area contributed by atoms with Crippen molar-refractivity contribution in [2.45, 2.75) is 44.6 Å². The lowest BCUT2D eigenvalue weighted by molar-refractivity contribution is 0.303. The van der Waals surface area contributed by atoms with Gasteiger partial charge in [0.15, 0.2) is 0 Å². The molecule has 1 atom stereocenters. The Morgan fingerprint density at radius 3 is 2.75 bits per heavy atom. The van der Waals surface area contributed by atoms with Gasteiger partial charge in [-0.25, -0.2) is 0 Å². The normalized spacial score (nSPS) is 19.6. The lowest BCUT2D eigenvalue weighted by Gasteiger charge is -2.27. The standard InChI is InChI=1S/C13H19BrN2/c14-12-6-10(8-16-9-12)7-13(15)11-4-2-1-3-5-11/h6,8-9,11,13H,1-5,7,15H2. The smallest absolute Gasteiger partial charge is 0.0410 e. The molecule has 88 valence electrons. The van der Waals surface area contributed by atoms with Gasteiger partial charge in [-0.1, -0.05) is 19.3 Å². The molecule has 2 nitrogen and oxygen atoms in total. The topological polar surface area (TPSA) is 38.9 Å². The van der Waals surface area contributed by atoms with E-state index >= 15 is 0 Å². The van der Waals surface area contributed by atoms with Gasteiger partial charge in [-0.3, -0.25) is 4.98 Å². The molecule has 1 unspecified atom stereocenters. The highest BCUT2D eigenvalue weighted by atomic mass is 79.9. The zero-order valence-corrected chi connectivity index (χ0v) is 11.1. The van der Waals surface area contributed by atoms with E-state index in [4.69, 9.17) is 5.73 Å². The summed E-state index contributed by atoms with van der Waals surface area (Å²) in [7, 11) is 0. The maximum Gasteiger partial charge on any atom is 0.0410 e. The highest BCUT2D eigenvalue weighted by molar-refractivity contribution is 9.10. The van der Waals surface area contributed by atoms with E-state index in [1.54, 1.807) is 0 Å². The van der Waals surface area contributed by atoms with Gasteiger partial charge in [-0.05, 0) is 52.7 Å². The molecule has 0 radical (unpaired) electrons. The number of nitrogens with two attached hydrogens (primary N) is 1. The number of halogens is 1. The Hall–Kier alpha value is -0.410. The molecule has 3 heteroatoms. The molecule has 1 aliphatic carbocycles. The molecule has 0 saturated heterocycles. The maximum absolute atomic E-state index is 6.29. The molecule has 1 aromatic heterocycles. The fraction of sp³-hybridized carbons (Fsp3) is 0.615. The van der Waals surface area contributed by atoms with Crippen molar-refractivity contribution in [3.63, 3.8) is 0 Å². The van der Waals surface area contributed by atoms with E-state index < -0.39 is 0 Å². The third-order valence-electron chi connectivity index (χ3n) is 3.49. The van der Waals surface area contributed by atoms with Crippen LogP contribution in [0.2, 0.25) is 0 Å². The van der Waals surface area contributed by atoms with Gasteiger partial charge in [0.1, 0.15) is 0 Å². The van der Waals surface area contributed by atoms with Crippen molar-refractivity contribution in [3.8, 4) is 0 Å². The van der Waals surface area contributed by atoms with Crippen molar-refractivity contribution in [3.05, 3.63) is 28.5 Å². The summed E-state index contributed by atoms with van der Waals surface area (Å²) in [5.74, 6) is 0.715. The van der Waals surface area contributed by atoms with Gasteiger partial charge >= 0.3 is 0 Å². The van der Waals surface area contributed by atoms with Crippen molar-refractivity contribution in [1.29, 1.82) is 0 Å². The summed E-state index contributed by atoms with van der Waals surface area (Å²) in [6, 6.07) is 2.42. The third kappa shape index (κ3) is 3.29. The van der Waals surface area contributed by atoms with Gasteiger partial charge in [0.2, 0.25) is 0 Å². The van der Waals surface area contributed by atoms with Gasteiger partial charge in [-0.2, -0.15) is 0 Å². The first-order valence-electron chi connectivity index (χ1n) is 6.11. The van der Waals surface area contributed by atoms with E-state index in [1.807, 2.05) is 12.4 Å². The molecule has 16 heavy (non-hydrogen) atoms. The number of nitrogens with zero attached hydrogens (tertiary/aromatic N) is 1. The van der Waals surface area contributed by atoms with Gasteiger partial charge < -0.3 is 5.73 Å². The molecule has 0 aromatic carbocycles. The zero-order valence-electron chi connectivity index (χ0n) is 9.53. The summed E-state index contributed by atoms with van der Waals surface area (Å²) in [6.45, 7) is 0. The summed E-state index contributed by atoms with van der Waals surface area (Å²) < 4.78 is 1.04. The molecular weight excluding hydrogens is 264 g/mol. The van der Waals surface area contributed by atoms with Crippen molar-refractivity contribution < 1.29 is 0 Å². The van der Waals surface area contributed by atoms with E-state index in [9.17, 15) is 0 Å². The lowest BCUT2D eigenvalue weighted by atomic mass is 9.82. The zero-order chi connectivity index (χ0) is 11.4. The van der Waals surface area contributed by atoms with Crippen LogP contribution >= 0.6 is 15.9 Å². The third-order valence-corrected chi connectivity index (χ3v) is 3.92. The van der Waals surface area contributed by atoms with Crippen LogP contribution < -0.4 is 5.73 Å². The second kappa shape index (κ2) is 5.78. The molecule has 0 aliphatic heterocycles. The molecule has 2 N–H and O–H groups in total. The number of hydrogen-bond donors (Lipinski definition) is 1. The summed E-state index contributed by atoms with van der Waals surface area (Å²) in [4.78, 5) is 4.18. The van der Waals surface area contributed by atoms with Crippen LogP contribution in [0, 0.1) is 5.92 Å². The Balaban J connectivity index is 1.93. The van der Waals surface area contributed by atoms with Gasteiger partial charge in [0.25, 0.3) is 0 Å². The summed E-state index contributed by atoms with van der Waals surface area (Å²) >= 11 is 3.44. The monoisotopic (exact) mass is 282 g/mol. The van der Waals surface area contributed by atoms with Crippen molar-refractivity contribution in [2.75, 3.05) is 0 Å². The summed E-state index contributed by atoms with van der Waals surface area (Å²) in [6.07, 6.45) is 11.4. The molecule has 0 spiro atoms. The van der Waals surface area contributed by atoms with E-state index in [0.717, 1.165) is 10.9 Å². The van der Waals surface area contributed by atoms with Gasteiger partial charge in [0, 0.05) is 22.9 Å². The Morgan fingerprint density at radius 2 is 2.06 bits per heavy atom. The number of aromatic nitrogens is 1. The maximum atomic E-state index is 6.29. The Kier molecular flexibility index (Phi) is 4.36. The van der Waals surface area contributed by atoms with Crippen LogP contribution in [-0.2, 0) is 6.42 Å². The van der Waals surface area contributed by atoms with Crippen LogP contribution in [0.5, 0.6) is 0 Å². The van der Waals surface area contributed by atoms with E-state index in [1.165, 1.54) is 37.7 Å². The average Bonchev–Trinajstić information content (AvgIpc) is 2.30. The first-order chi connectivity index (χ1) is 7.75. The van der Waals surface area contributed by atoms with Crippen LogP contribution in [0.15, 0.2) is 22.9 Å². The SMILES string of the molecule is NC(Cc1cncc(Br)c1)C1CCCCC1. The molecule has 1 aliphatic rings. The first kappa shape index (κ1) is 12.1. The van der Waals surface area contributed by atoms with Gasteiger partial charge in [0.05, 0.1) is 0 Å². The summed E-state index contributed by atoms with van der Waals surface area (Å²) in [5, 5.41) is 0. The quantitative estimate of drug-likeness (QED) is 0.924. The van der Waals surface area contributed by atoms with Crippen molar-refractivity contribution >= 4 is 15.9 Å². The number of pyridine rings is 1. The molecule has 1 heterocycles. The largest absolute Gasteiger partial charge is 0.327 e. The minimum Gasteiger partial charge on any atom is -0.327 e. The average molecular weight is 283 g/mol. The minimum absolute atomic E-state index is 0.302. The molecule has 2 rings (SSSR count). The summed E-state index contributed by atoms with van der Waals surface area (Å²) in [5.41, 5.74) is 7.53. The molecule has 0 bridgehead atoms. The van der Waals surface area contributed by atoms with E-state index in [2.05, 4.69) is 27.0 Å².